The van der Waals surface area contributed by atoms with Gasteiger partial charge in [-0.05, 0) is 39.5 Å². The maximum Gasteiger partial charge on any atom is 0.258 e. The van der Waals surface area contributed by atoms with Crippen LogP contribution in [0, 0.1) is 0 Å². The second-order valence-electron chi connectivity index (χ2n) is 4.33. The lowest BCUT2D eigenvalue weighted by Gasteiger charge is -2.05. The standard InChI is InChI=1S/C14H12BrN3OS/c15-10-5-6-20-12(10)7-16-8-13-17-11-4-2-1-3-9(11)14(19)18-13/h1-6,16H,7-8H2,(H,17,18,19). The average Bonchev–Trinajstić information content (AvgIpc) is 2.85. The molecule has 6 heteroatoms. The third-order valence-corrected chi connectivity index (χ3v) is 4.86. The number of nitrogens with one attached hydrogen (secondary N) is 2. The number of hydrogen-bond acceptors (Lipinski definition) is 4. The van der Waals surface area contributed by atoms with Crippen molar-refractivity contribution in [1.82, 2.24) is 15.3 Å². The summed E-state index contributed by atoms with van der Waals surface area (Å²) in [6, 6.07) is 9.38. The van der Waals surface area contributed by atoms with Crippen molar-refractivity contribution in [1.29, 1.82) is 0 Å². The fourth-order valence-electron chi connectivity index (χ4n) is 1.96. The zero-order chi connectivity index (χ0) is 13.9. The van der Waals surface area contributed by atoms with Gasteiger partial charge in [-0.25, -0.2) is 4.98 Å². The number of thiophene rings is 1. The first kappa shape index (κ1) is 13.5. The number of benzene rings is 1. The normalized spacial score (nSPS) is 11.1. The molecule has 0 aliphatic rings. The molecule has 0 spiro atoms. The molecule has 2 aromatic heterocycles. The van der Waals surface area contributed by atoms with Crippen molar-refractivity contribution < 1.29 is 0 Å². The molecule has 0 bridgehead atoms. The summed E-state index contributed by atoms with van der Waals surface area (Å²) >= 11 is 5.18. The third kappa shape index (κ3) is 2.82. The predicted octanol–water partition coefficient (Wildman–Crippen LogP) is 3.04. The molecular formula is C14H12BrN3OS. The van der Waals surface area contributed by atoms with Crippen LogP contribution in [0.3, 0.4) is 0 Å². The maximum absolute atomic E-state index is 11.9. The Morgan fingerprint density at radius 3 is 2.90 bits per heavy atom. The maximum atomic E-state index is 11.9. The van der Waals surface area contributed by atoms with E-state index in [0.717, 1.165) is 16.5 Å². The summed E-state index contributed by atoms with van der Waals surface area (Å²) < 4.78 is 1.11. The Morgan fingerprint density at radius 1 is 1.25 bits per heavy atom. The fraction of sp³-hybridized carbons (Fsp3) is 0.143. The van der Waals surface area contributed by atoms with Crippen LogP contribution in [0.5, 0.6) is 0 Å². The predicted molar refractivity (Wildman–Crippen MR) is 84.9 cm³/mol. The van der Waals surface area contributed by atoms with Crippen LogP contribution in [0.1, 0.15) is 10.7 Å². The minimum atomic E-state index is -0.0929. The molecule has 0 saturated carbocycles. The van der Waals surface area contributed by atoms with Crippen molar-refractivity contribution >= 4 is 38.2 Å². The van der Waals surface area contributed by atoms with Gasteiger partial charge in [0.1, 0.15) is 5.82 Å². The lowest BCUT2D eigenvalue weighted by Crippen LogP contribution is -2.19. The number of rotatable bonds is 4. The highest BCUT2D eigenvalue weighted by atomic mass is 79.9. The molecule has 4 nitrogen and oxygen atoms in total. The molecule has 2 heterocycles. The number of halogens is 1. The first-order chi connectivity index (χ1) is 9.74. The molecule has 0 fully saturated rings. The molecule has 3 rings (SSSR count). The van der Waals surface area contributed by atoms with E-state index in [1.807, 2.05) is 29.6 Å². The lowest BCUT2D eigenvalue weighted by atomic mass is 10.2. The van der Waals surface area contributed by atoms with Gasteiger partial charge in [-0.15, -0.1) is 11.3 Å². The first-order valence-corrected chi connectivity index (χ1v) is 7.82. The van der Waals surface area contributed by atoms with E-state index in [-0.39, 0.29) is 5.56 Å². The summed E-state index contributed by atoms with van der Waals surface area (Å²) in [5, 5.41) is 5.95. The first-order valence-electron chi connectivity index (χ1n) is 6.14. The highest BCUT2D eigenvalue weighted by Crippen LogP contribution is 2.22. The second-order valence-corrected chi connectivity index (χ2v) is 6.18. The Morgan fingerprint density at radius 2 is 2.10 bits per heavy atom. The molecule has 0 aliphatic heterocycles. The monoisotopic (exact) mass is 349 g/mol. The van der Waals surface area contributed by atoms with Crippen molar-refractivity contribution in [3.63, 3.8) is 0 Å². The zero-order valence-electron chi connectivity index (χ0n) is 10.5. The van der Waals surface area contributed by atoms with Crippen LogP contribution in [-0.2, 0) is 13.1 Å². The number of aromatic nitrogens is 2. The number of nitrogens with zero attached hydrogens (tertiary/aromatic N) is 1. The number of para-hydroxylation sites is 1. The van der Waals surface area contributed by atoms with Crippen LogP contribution in [-0.4, -0.2) is 9.97 Å². The molecule has 0 amide bonds. The molecule has 0 radical (unpaired) electrons. The van der Waals surface area contributed by atoms with Crippen LogP contribution < -0.4 is 10.9 Å². The van der Waals surface area contributed by atoms with Crippen molar-refractivity contribution in [3.8, 4) is 0 Å². The summed E-state index contributed by atoms with van der Waals surface area (Å²) in [6.07, 6.45) is 0. The van der Waals surface area contributed by atoms with Gasteiger partial charge in [-0.3, -0.25) is 4.79 Å². The Hall–Kier alpha value is -1.50. The Balaban J connectivity index is 1.75. The van der Waals surface area contributed by atoms with Gasteiger partial charge in [0.25, 0.3) is 5.56 Å². The molecule has 0 atom stereocenters. The van der Waals surface area contributed by atoms with Gasteiger partial charge in [0, 0.05) is 15.9 Å². The summed E-state index contributed by atoms with van der Waals surface area (Å²) in [4.78, 5) is 20.4. The molecular weight excluding hydrogens is 338 g/mol. The van der Waals surface area contributed by atoms with Gasteiger partial charge in [0.2, 0.25) is 0 Å². The quantitative estimate of drug-likeness (QED) is 0.761. The number of fused-ring (bicyclic) bond motifs is 1. The number of hydrogen-bond donors (Lipinski definition) is 2. The van der Waals surface area contributed by atoms with E-state index in [9.17, 15) is 4.79 Å². The van der Waals surface area contributed by atoms with E-state index in [1.165, 1.54) is 4.88 Å². The molecule has 1 aromatic carbocycles. The molecule has 3 aromatic rings. The zero-order valence-corrected chi connectivity index (χ0v) is 12.9. The van der Waals surface area contributed by atoms with E-state index < -0.39 is 0 Å². The van der Waals surface area contributed by atoms with E-state index in [2.05, 4.69) is 31.2 Å². The molecule has 0 saturated heterocycles. The molecule has 0 aliphatic carbocycles. The van der Waals surface area contributed by atoms with Gasteiger partial charge in [-0.1, -0.05) is 12.1 Å². The highest BCUT2D eigenvalue weighted by Gasteiger charge is 2.04. The van der Waals surface area contributed by atoms with Gasteiger partial charge in [0.05, 0.1) is 17.4 Å². The molecule has 2 N–H and O–H groups in total. The third-order valence-electron chi connectivity index (χ3n) is 2.93. The Kier molecular flexibility index (Phi) is 3.95. The number of aromatic amines is 1. The van der Waals surface area contributed by atoms with Crippen LogP contribution in [0.4, 0.5) is 0 Å². The molecule has 20 heavy (non-hydrogen) atoms. The number of H-pyrrole nitrogens is 1. The average molecular weight is 350 g/mol. The van der Waals surface area contributed by atoms with E-state index in [4.69, 9.17) is 0 Å². The van der Waals surface area contributed by atoms with Crippen molar-refractivity contribution in [2.24, 2.45) is 0 Å². The van der Waals surface area contributed by atoms with Gasteiger partial charge >= 0.3 is 0 Å². The SMILES string of the molecule is O=c1[nH]c(CNCc2sccc2Br)nc2ccccc12. The van der Waals surface area contributed by atoms with Crippen molar-refractivity contribution in [2.75, 3.05) is 0 Å². The summed E-state index contributed by atoms with van der Waals surface area (Å²) in [7, 11) is 0. The highest BCUT2D eigenvalue weighted by molar-refractivity contribution is 9.10. The lowest BCUT2D eigenvalue weighted by molar-refractivity contribution is 0.668. The summed E-state index contributed by atoms with van der Waals surface area (Å²) in [6.45, 7) is 1.28. The summed E-state index contributed by atoms with van der Waals surface area (Å²) in [5.74, 6) is 0.654. The fourth-order valence-corrected chi connectivity index (χ4v) is 3.43. The van der Waals surface area contributed by atoms with Crippen LogP contribution in [0.15, 0.2) is 45.0 Å². The molecule has 0 unspecified atom stereocenters. The van der Waals surface area contributed by atoms with Crippen LogP contribution in [0.2, 0.25) is 0 Å². The Labute approximate surface area is 128 Å². The topological polar surface area (TPSA) is 57.8 Å². The van der Waals surface area contributed by atoms with Gasteiger partial charge in [-0.2, -0.15) is 0 Å². The summed E-state index contributed by atoms with van der Waals surface area (Å²) in [5.41, 5.74) is 0.634. The van der Waals surface area contributed by atoms with Crippen molar-refractivity contribution in [3.05, 3.63) is 61.2 Å². The molecule has 102 valence electrons. The smallest absolute Gasteiger partial charge is 0.258 e. The second kappa shape index (κ2) is 5.87. The Bertz CT molecular complexity index is 796. The van der Waals surface area contributed by atoms with Crippen LogP contribution >= 0.6 is 27.3 Å². The van der Waals surface area contributed by atoms with Gasteiger partial charge in [0.15, 0.2) is 0 Å². The van der Waals surface area contributed by atoms with E-state index >= 15 is 0 Å². The minimum Gasteiger partial charge on any atom is -0.309 e. The van der Waals surface area contributed by atoms with E-state index in [1.54, 1.807) is 17.4 Å². The largest absolute Gasteiger partial charge is 0.309 e. The van der Waals surface area contributed by atoms with E-state index in [0.29, 0.717) is 17.8 Å². The van der Waals surface area contributed by atoms with Crippen molar-refractivity contribution in [2.45, 2.75) is 13.1 Å². The van der Waals surface area contributed by atoms with Crippen LogP contribution in [0.25, 0.3) is 10.9 Å². The minimum absolute atomic E-state index is 0.0929. The van der Waals surface area contributed by atoms with Gasteiger partial charge < -0.3 is 10.3 Å².